The Morgan fingerprint density at radius 1 is 1.09 bits per heavy atom. The van der Waals surface area contributed by atoms with E-state index in [1.165, 1.54) is 12.1 Å². The van der Waals surface area contributed by atoms with Crippen LogP contribution >= 0.6 is 0 Å². The number of nitrogens with two attached hydrogens (primary N) is 1. The summed E-state index contributed by atoms with van der Waals surface area (Å²) >= 11 is 0. The second-order valence-electron chi connectivity index (χ2n) is 10.9. The zero-order valence-corrected chi connectivity index (χ0v) is 21.9. The highest BCUT2D eigenvalue weighted by molar-refractivity contribution is 5.82. The fourth-order valence-electron chi connectivity index (χ4n) is 4.53. The van der Waals surface area contributed by atoms with E-state index in [0.29, 0.717) is 19.4 Å². The predicted molar refractivity (Wildman–Crippen MR) is 139 cm³/mol. The Morgan fingerprint density at radius 2 is 1.69 bits per heavy atom. The van der Waals surface area contributed by atoms with Crippen molar-refractivity contribution in [1.29, 1.82) is 0 Å². The van der Waals surface area contributed by atoms with E-state index >= 15 is 0 Å². The van der Waals surface area contributed by atoms with Gasteiger partial charge in [0.15, 0.2) is 0 Å². The van der Waals surface area contributed by atoms with Gasteiger partial charge in [0, 0.05) is 12.6 Å². The number of likely N-dealkylation sites (N-methyl/N-ethyl adjacent to an activating group) is 1. The van der Waals surface area contributed by atoms with E-state index < -0.39 is 12.1 Å². The molecule has 0 saturated heterocycles. The van der Waals surface area contributed by atoms with E-state index in [4.69, 9.17) is 5.73 Å². The number of carbonyl (C=O) groups is 1. The van der Waals surface area contributed by atoms with Crippen LogP contribution in [0.15, 0.2) is 42.5 Å². The Balaban J connectivity index is 2.05. The molecule has 3 unspecified atom stereocenters. The van der Waals surface area contributed by atoms with E-state index in [1.807, 2.05) is 58.7 Å². The van der Waals surface area contributed by atoms with Gasteiger partial charge >= 0.3 is 0 Å². The topological polar surface area (TPSA) is 98.8 Å². The van der Waals surface area contributed by atoms with Gasteiger partial charge in [0.05, 0.1) is 18.7 Å². The number of halogens is 1. The van der Waals surface area contributed by atoms with Crippen molar-refractivity contribution in [3.8, 4) is 5.75 Å². The SMILES string of the molecule is CC(C)C(C(=O)NC(CO)Cc1ccc(O)c(C(C)(C)C)c1)N(C)CC(N)Cc1ccc(F)cc1. The number of aliphatic hydroxyl groups is 1. The first kappa shape index (κ1) is 28.8. The zero-order valence-electron chi connectivity index (χ0n) is 21.9. The van der Waals surface area contributed by atoms with Gasteiger partial charge in [-0.1, -0.05) is 58.9 Å². The maximum atomic E-state index is 13.3. The van der Waals surface area contributed by atoms with Gasteiger partial charge in [0.2, 0.25) is 5.91 Å². The van der Waals surface area contributed by atoms with Gasteiger partial charge in [-0.25, -0.2) is 4.39 Å². The number of nitrogens with one attached hydrogen (secondary N) is 1. The highest BCUT2D eigenvalue weighted by Crippen LogP contribution is 2.31. The predicted octanol–water partition coefficient (Wildman–Crippen LogP) is 3.37. The molecule has 0 heterocycles. The van der Waals surface area contributed by atoms with Crippen LogP contribution in [0.3, 0.4) is 0 Å². The molecule has 2 rings (SSSR count). The molecule has 5 N–H and O–H groups in total. The van der Waals surface area contributed by atoms with Crippen molar-refractivity contribution in [2.75, 3.05) is 20.2 Å². The van der Waals surface area contributed by atoms with Crippen molar-refractivity contribution in [3.63, 3.8) is 0 Å². The average Bonchev–Trinajstić information content (AvgIpc) is 2.75. The van der Waals surface area contributed by atoms with Crippen LogP contribution in [0.4, 0.5) is 4.39 Å². The molecule has 0 radical (unpaired) electrons. The van der Waals surface area contributed by atoms with Crippen LogP contribution in [-0.4, -0.2) is 59.3 Å². The number of carbonyl (C=O) groups excluding carboxylic acids is 1. The summed E-state index contributed by atoms with van der Waals surface area (Å²) < 4.78 is 13.2. The summed E-state index contributed by atoms with van der Waals surface area (Å²) in [6.07, 6.45) is 1.03. The standard InChI is InChI=1S/C28H42FN3O3/c1-18(2)26(32(6)16-22(30)13-19-7-10-21(29)11-8-19)27(35)31-23(17-33)14-20-9-12-25(34)24(15-20)28(3,4)5/h7-12,15,18,22-23,26,33-34H,13-14,16-17,30H2,1-6H3,(H,31,35). The summed E-state index contributed by atoms with van der Waals surface area (Å²) in [6.45, 7) is 10.3. The first-order chi connectivity index (χ1) is 16.3. The third-order valence-corrected chi connectivity index (χ3v) is 6.23. The fourth-order valence-corrected chi connectivity index (χ4v) is 4.53. The van der Waals surface area contributed by atoms with E-state index in [0.717, 1.165) is 16.7 Å². The minimum absolute atomic E-state index is 0.0264. The second-order valence-corrected chi connectivity index (χ2v) is 10.9. The Hall–Kier alpha value is -2.48. The average molecular weight is 488 g/mol. The van der Waals surface area contributed by atoms with Crippen LogP contribution in [0.2, 0.25) is 0 Å². The number of nitrogens with zero attached hydrogens (tertiary/aromatic N) is 1. The Morgan fingerprint density at radius 3 is 2.23 bits per heavy atom. The molecule has 0 aromatic heterocycles. The minimum atomic E-state index is -0.456. The highest BCUT2D eigenvalue weighted by atomic mass is 19.1. The lowest BCUT2D eigenvalue weighted by Gasteiger charge is -2.33. The molecule has 35 heavy (non-hydrogen) atoms. The van der Waals surface area contributed by atoms with E-state index in [9.17, 15) is 19.4 Å². The van der Waals surface area contributed by atoms with Crippen LogP contribution in [0.25, 0.3) is 0 Å². The molecule has 6 nitrogen and oxygen atoms in total. The highest BCUT2D eigenvalue weighted by Gasteiger charge is 2.29. The van der Waals surface area contributed by atoms with Crippen LogP contribution in [0, 0.1) is 11.7 Å². The molecule has 0 bridgehead atoms. The number of phenolic OH excluding ortho intramolecular Hbond substituents is 1. The third-order valence-electron chi connectivity index (χ3n) is 6.23. The number of hydrogen-bond acceptors (Lipinski definition) is 5. The lowest BCUT2D eigenvalue weighted by Crippen LogP contribution is -2.54. The molecule has 194 valence electrons. The minimum Gasteiger partial charge on any atom is -0.508 e. The first-order valence-electron chi connectivity index (χ1n) is 12.3. The molecule has 0 fully saturated rings. The maximum Gasteiger partial charge on any atom is 0.237 e. The molecule has 0 saturated carbocycles. The molecule has 0 spiro atoms. The molecule has 3 atom stereocenters. The number of rotatable bonds is 11. The van der Waals surface area contributed by atoms with Crippen molar-refractivity contribution in [3.05, 3.63) is 65.0 Å². The maximum absolute atomic E-state index is 13.3. The molecule has 7 heteroatoms. The van der Waals surface area contributed by atoms with Crippen molar-refractivity contribution < 1.29 is 19.4 Å². The van der Waals surface area contributed by atoms with Gasteiger partial charge in [-0.15, -0.1) is 0 Å². The quantitative estimate of drug-likeness (QED) is 0.390. The van der Waals surface area contributed by atoms with Crippen molar-refractivity contribution >= 4 is 5.91 Å². The molecular weight excluding hydrogens is 445 g/mol. The monoisotopic (exact) mass is 487 g/mol. The van der Waals surface area contributed by atoms with E-state index in [-0.39, 0.29) is 41.5 Å². The second kappa shape index (κ2) is 12.5. The summed E-state index contributed by atoms with van der Waals surface area (Å²) in [4.78, 5) is 15.2. The van der Waals surface area contributed by atoms with Crippen molar-refractivity contribution in [2.24, 2.45) is 11.7 Å². The fraction of sp³-hybridized carbons (Fsp3) is 0.536. The summed E-state index contributed by atoms with van der Waals surface area (Å²) in [5.74, 6) is -0.176. The smallest absolute Gasteiger partial charge is 0.237 e. The summed E-state index contributed by atoms with van der Waals surface area (Å²) in [5, 5.41) is 23.2. The Kier molecular flexibility index (Phi) is 10.2. The number of hydrogen-bond donors (Lipinski definition) is 4. The van der Waals surface area contributed by atoms with Crippen LogP contribution in [0.5, 0.6) is 5.75 Å². The molecule has 0 aliphatic carbocycles. The van der Waals surface area contributed by atoms with Crippen LogP contribution < -0.4 is 11.1 Å². The van der Waals surface area contributed by atoms with E-state index in [2.05, 4.69) is 5.32 Å². The lowest BCUT2D eigenvalue weighted by molar-refractivity contribution is -0.128. The van der Waals surface area contributed by atoms with Crippen LogP contribution in [0.1, 0.15) is 51.3 Å². The van der Waals surface area contributed by atoms with Crippen molar-refractivity contribution in [2.45, 2.75) is 71.0 Å². The van der Waals surface area contributed by atoms with E-state index in [1.54, 1.807) is 18.2 Å². The largest absolute Gasteiger partial charge is 0.508 e. The number of aliphatic hydroxyl groups excluding tert-OH is 1. The molecule has 0 aliphatic rings. The van der Waals surface area contributed by atoms with Gasteiger partial charge in [0.1, 0.15) is 11.6 Å². The summed E-state index contributed by atoms with van der Waals surface area (Å²) in [6, 6.07) is 10.6. The molecule has 1 amide bonds. The van der Waals surface area contributed by atoms with Crippen LogP contribution in [-0.2, 0) is 23.1 Å². The van der Waals surface area contributed by atoms with Gasteiger partial charge in [-0.2, -0.15) is 0 Å². The summed E-state index contributed by atoms with van der Waals surface area (Å²) in [5.41, 5.74) is 8.83. The number of benzene rings is 2. The van der Waals surface area contributed by atoms with Gasteiger partial charge in [0.25, 0.3) is 0 Å². The van der Waals surface area contributed by atoms with Gasteiger partial charge in [-0.3, -0.25) is 9.69 Å². The summed E-state index contributed by atoms with van der Waals surface area (Å²) in [7, 11) is 1.87. The Bertz CT molecular complexity index is 957. The third kappa shape index (κ3) is 8.60. The number of aromatic hydroxyl groups is 1. The first-order valence-corrected chi connectivity index (χ1v) is 12.3. The normalized spacial score (nSPS) is 14.7. The van der Waals surface area contributed by atoms with Crippen molar-refractivity contribution in [1.82, 2.24) is 10.2 Å². The molecular formula is C28H42FN3O3. The lowest BCUT2D eigenvalue weighted by atomic mass is 9.85. The van der Waals surface area contributed by atoms with Gasteiger partial charge in [-0.05, 0) is 66.1 Å². The molecule has 2 aromatic carbocycles. The number of phenols is 1. The Labute approximate surface area is 209 Å². The van der Waals surface area contributed by atoms with Gasteiger partial charge < -0.3 is 21.3 Å². The zero-order chi connectivity index (χ0) is 26.3. The molecule has 0 aliphatic heterocycles. The molecule has 2 aromatic rings. The number of amides is 1.